The molecule has 0 N–H and O–H groups in total. The first-order valence-corrected chi connectivity index (χ1v) is 3.76. The summed E-state index contributed by atoms with van der Waals surface area (Å²) in [6, 6.07) is 0. The first kappa shape index (κ1) is 8.69. The number of hydrogen-bond donors (Lipinski definition) is 0. The van der Waals surface area contributed by atoms with Crippen LogP contribution in [0.15, 0.2) is 12.2 Å². The van der Waals surface area contributed by atoms with E-state index in [1.165, 1.54) is 0 Å². The van der Waals surface area contributed by atoms with Crippen molar-refractivity contribution in [3.05, 3.63) is 12.2 Å². The van der Waals surface area contributed by atoms with Crippen molar-refractivity contribution < 1.29 is 9.53 Å². The van der Waals surface area contributed by atoms with E-state index in [-0.39, 0.29) is 11.3 Å². The molecule has 0 spiro atoms. The van der Waals surface area contributed by atoms with Crippen LogP contribution in [0.3, 0.4) is 0 Å². The summed E-state index contributed by atoms with van der Waals surface area (Å²) in [5.74, 6) is -0.229. The topological polar surface area (TPSA) is 26.3 Å². The van der Waals surface area contributed by atoms with Crippen molar-refractivity contribution in [2.45, 2.75) is 6.92 Å². The van der Waals surface area contributed by atoms with Crippen molar-refractivity contribution >= 4 is 21.9 Å². The molecule has 3 heteroatoms. The molecule has 0 aromatic carbocycles. The molecule has 0 radical (unpaired) electrons. The standard InChI is InChI=1S/C6H9BrO2/c1-2-3-4-9-6(8)5-7/h2-3H,4-5H2,1H3/b3-2+. The molecule has 0 aromatic heterocycles. The lowest BCUT2D eigenvalue weighted by Gasteiger charge is -1.94. The number of carbonyl (C=O) groups is 1. The van der Waals surface area contributed by atoms with Gasteiger partial charge in [0.15, 0.2) is 0 Å². The zero-order valence-corrected chi connectivity index (χ0v) is 6.85. The summed E-state index contributed by atoms with van der Waals surface area (Å²) in [6.07, 6.45) is 3.61. The summed E-state index contributed by atoms with van der Waals surface area (Å²) in [4.78, 5) is 10.4. The summed E-state index contributed by atoms with van der Waals surface area (Å²) >= 11 is 2.97. The number of allylic oxidation sites excluding steroid dienone is 1. The van der Waals surface area contributed by atoms with Crippen LogP contribution >= 0.6 is 15.9 Å². The number of carbonyl (C=O) groups excluding carboxylic acids is 1. The Morgan fingerprint density at radius 1 is 1.78 bits per heavy atom. The molecule has 0 rings (SSSR count). The molecule has 0 heterocycles. The van der Waals surface area contributed by atoms with Gasteiger partial charge in [0, 0.05) is 0 Å². The minimum absolute atomic E-state index is 0.229. The van der Waals surface area contributed by atoms with Crippen molar-refractivity contribution in [2.24, 2.45) is 0 Å². The highest BCUT2D eigenvalue weighted by Gasteiger charge is 1.94. The maximum atomic E-state index is 10.4. The smallest absolute Gasteiger partial charge is 0.316 e. The molecule has 52 valence electrons. The molecule has 0 aliphatic rings. The summed E-state index contributed by atoms with van der Waals surface area (Å²) in [6.45, 7) is 2.25. The monoisotopic (exact) mass is 192 g/mol. The van der Waals surface area contributed by atoms with Gasteiger partial charge in [0.2, 0.25) is 0 Å². The zero-order chi connectivity index (χ0) is 7.11. The Kier molecular flexibility index (Phi) is 5.62. The highest BCUT2D eigenvalue weighted by atomic mass is 79.9. The summed E-state index contributed by atoms with van der Waals surface area (Å²) in [5.41, 5.74) is 0. The molecule has 0 atom stereocenters. The third-order valence-corrected chi connectivity index (χ3v) is 1.14. The van der Waals surface area contributed by atoms with Crippen LogP contribution in [-0.2, 0) is 9.53 Å². The van der Waals surface area contributed by atoms with Gasteiger partial charge in [0.25, 0.3) is 0 Å². The average Bonchev–Trinajstić information content (AvgIpc) is 1.89. The SMILES string of the molecule is C/C=C/COC(=O)CBr. The molecule has 0 aliphatic heterocycles. The van der Waals surface area contributed by atoms with Crippen LogP contribution in [0.25, 0.3) is 0 Å². The second kappa shape index (κ2) is 5.82. The largest absolute Gasteiger partial charge is 0.461 e. The Balaban J connectivity index is 3.17. The Hall–Kier alpha value is -0.310. The first-order valence-electron chi connectivity index (χ1n) is 2.64. The summed E-state index contributed by atoms with van der Waals surface area (Å²) < 4.78 is 4.66. The van der Waals surface area contributed by atoms with Crippen LogP contribution < -0.4 is 0 Å². The van der Waals surface area contributed by atoms with Gasteiger partial charge in [-0.1, -0.05) is 28.1 Å². The number of rotatable bonds is 3. The van der Waals surface area contributed by atoms with E-state index in [4.69, 9.17) is 0 Å². The molecule has 0 bridgehead atoms. The fourth-order valence-corrected chi connectivity index (χ4v) is 0.438. The Bertz CT molecular complexity index is 110. The number of alkyl halides is 1. The van der Waals surface area contributed by atoms with Gasteiger partial charge in [-0.15, -0.1) is 0 Å². The van der Waals surface area contributed by atoms with Gasteiger partial charge in [-0.25, -0.2) is 0 Å². The van der Waals surface area contributed by atoms with Crippen LogP contribution in [0, 0.1) is 0 Å². The molecule has 0 fully saturated rings. The molecule has 0 aliphatic carbocycles. The Morgan fingerprint density at radius 3 is 2.89 bits per heavy atom. The molecule has 0 saturated heterocycles. The van der Waals surface area contributed by atoms with Crippen LogP contribution in [0.1, 0.15) is 6.92 Å². The van der Waals surface area contributed by atoms with E-state index in [0.29, 0.717) is 6.61 Å². The molecule has 2 nitrogen and oxygen atoms in total. The van der Waals surface area contributed by atoms with Crippen molar-refractivity contribution in [3.63, 3.8) is 0 Å². The minimum atomic E-state index is -0.229. The van der Waals surface area contributed by atoms with E-state index in [1.807, 2.05) is 13.0 Å². The van der Waals surface area contributed by atoms with E-state index in [0.717, 1.165) is 0 Å². The van der Waals surface area contributed by atoms with Crippen LogP contribution in [0.2, 0.25) is 0 Å². The lowest BCUT2D eigenvalue weighted by Crippen LogP contribution is -2.04. The predicted octanol–water partition coefficient (Wildman–Crippen LogP) is 1.50. The highest BCUT2D eigenvalue weighted by molar-refractivity contribution is 9.09. The van der Waals surface area contributed by atoms with E-state index in [1.54, 1.807) is 6.08 Å². The molecule has 0 unspecified atom stereocenters. The fraction of sp³-hybridized carbons (Fsp3) is 0.500. The highest BCUT2D eigenvalue weighted by Crippen LogP contribution is 1.85. The second-order valence-corrected chi connectivity index (χ2v) is 1.95. The predicted molar refractivity (Wildman–Crippen MR) is 39.6 cm³/mol. The molecule has 9 heavy (non-hydrogen) atoms. The maximum absolute atomic E-state index is 10.4. The maximum Gasteiger partial charge on any atom is 0.316 e. The van der Waals surface area contributed by atoms with E-state index in [2.05, 4.69) is 20.7 Å². The fourth-order valence-electron chi connectivity index (χ4n) is 0.276. The van der Waals surface area contributed by atoms with Crippen molar-refractivity contribution in [1.82, 2.24) is 0 Å². The lowest BCUT2D eigenvalue weighted by atomic mass is 10.5. The number of ether oxygens (including phenoxy) is 1. The van der Waals surface area contributed by atoms with Gasteiger partial charge in [0.05, 0.1) is 0 Å². The molecular weight excluding hydrogens is 184 g/mol. The first-order chi connectivity index (χ1) is 4.31. The molecule has 0 aromatic rings. The van der Waals surface area contributed by atoms with Crippen molar-refractivity contribution in [1.29, 1.82) is 0 Å². The Labute approximate surface area is 63.0 Å². The van der Waals surface area contributed by atoms with Crippen molar-refractivity contribution in [2.75, 3.05) is 11.9 Å². The van der Waals surface area contributed by atoms with Crippen LogP contribution in [0.4, 0.5) is 0 Å². The van der Waals surface area contributed by atoms with Gasteiger partial charge in [-0.05, 0) is 6.92 Å². The molecule has 0 saturated carbocycles. The van der Waals surface area contributed by atoms with Gasteiger partial charge in [0.1, 0.15) is 11.9 Å². The summed E-state index contributed by atoms with van der Waals surface area (Å²) in [5, 5.41) is 0.268. The van der Waals surface area contributed by atoms with Crippen LogP contribution in [-0.4, -0.2) is 17.9 Å². The lowest BCUT2D eigenvalue weighted by molar-refractivity contribution is -0.139. The van der Waals surface area contributed by atoms with E-state index in [9.17, 15) is 4.79 Å². The molecular formula is C6H9BrO2. The number of hydrogen-bond acceptors (Lipinski definition) is 2. The van der Waals surface area contributed by atoms with Crippen molar-refractivity contribution in [3.8, 4) is 0 Å². The summed E-state index contributed by atoms with van der Waals surface area (Å²) in [7, 11) is 0. The second-order valence-electron chi connectivity index (χ2n) is 1.39. The quantitative estimate of drug-likeness (QED) is 0.385. The number of esters is 1. The van der Waals surface area contributed by atoms with E-state index < -0.39 is 0 Å². The van der Waals surface area contributed by atoms with Gasteiger partial charge in [-0.3, -0.25) is 4.79 Å². The minimum Gasteiger partial charge on any atom is -0.461 e. The zero-order valence-electron chi connectivity index (χ0n) is 5.26. The Morgan fingerprint density at radius 2 is 2.44 bits per heavy atom. The van der Waals surface area contributed by atoms with Gasteiger partial charge in [-0.2, -0.15) is 0 Å². The van der Waals surface area contributed by atoms with E-state index >= 15 is 0 Å². The third kappa shape index (κ3) is 5.56. The average molecular weight is 193 g/mol. The normalized spacial score (nSPS) is 10.0. The van der Waals surface area contributed by atoms with Gasteiger partial charge >= 0.3 is 5.97 Å². The third-order valence-electron chi connectivity index (χ3n) is 0.685. The molecule has 0 amide bonds. The number of halogens is 1. The van der Waals surface area contributed by atoms with Crippen LogP contribution in [0.5, 0.6) is 0 Å². The van der Waals surface area contributed by atoms with Gasteiger partial charge < -0.3 is 4.74 Å².